The molecule has 0 aliphatic carbocycles. The zero-order valence-corrected chi connectivity index (χ0v) is 15.0. The summed E-state index contributed by atoms with van der Waals surface area (Å²) in [5.41, 5.74) is 3.33. The van der Waals surface area contributed by atoms with Gasteiger partial charge in [-0.25, -0.2) is 0 Å². The van der Waals surface area contributed by atoms with Crippen LogP contribution in [0.5, 0.6) is 0 Å². The zero-order chi connectivity index (χ0) is 18.8. The Labute approximate surface area is 156 Å². The SMILES string of the molecule is Cc1ccccc1-c1nnn(CC(=O)c2ccc(N3CCCC3=O)cc2)n1. The van der Waals surface area contributed by atoms with Gasteiger partial charge in [-0.15, -0.1) is 10.2 Å². The molecule has 7 nitrogen and oxygen atoms in total. The molecule has 0 atom stereocenters. The number of hydrogen-bond donors (Lipinski definition) is 0. The van der Waals surface area contributed by atoms with Crippen LogP contribution in [0.2, 0.25) is 0 Å². The van der Waals surface area contributed by atoms with Gasteiger partial charge >= 0.3 is 0 Å². The number of Topliss-reactive ketones (excluding diaryl/α,β-unsaturated/α-hetero) is 1. The number of hydrogen-bond acceptors (Lipinski definition) is 5. The topological polar surface area (TPSA) is 81.0 Å². The van der Waals surface area contributed by atoms with E-state index < -0.39 is 0 Å². The number of rotatable bonds is 5. The van der Waals surface area contributed by atoms with Crippen molar-refractivity contribution < 1.29 is 9.59 Å². The van der Waals surface area contributed by atoms with Crippen molar-refractivity contribution in [3.8, 4) is 11.4 Å². The molecule has 136 valence electrons. The van der Waals surface area contributed by atoms with E-state index >= 15 is 0 Å². The van der Waals surface area contributed by atoms with E-state index in [0.29, 0.717) is 17.8 Å². The number of aromatic nitrogens is 4. The summed E-state index contributed by atoms with van der Waals surface area (Å²) < 4.78 is 0. The Balaban J connectivity index is 1.46. The van der Waals surface area contributed by atoms with E-state index in [4.69, 9.17) is 0 Å². The average Bonchev–Trinajstić information content (AvgIpc) is 3.31. The molecule has 1 fully saturated rings. The molecule has 1 aliphatic rings. The molecular formula is C20H19N5O2. The summed E-state index contributed by atoms with van der Waals surface area (Å²) in [6, 6.07) is 14.9. The van der Waals surface area contributed by atoms with Crippen molar-refractivity contribution in [3.63, 3.8) is 0 Å². The van der Waals surface area contributed by atoms with Gasteiger partial charge in [0.05, 0.1) is 0 Å². The number of amides is 1. The van der Waals surface area contributed by atoms with E-state index in [1.807, 2.05) is 43.3 Å². The number of tetrazole rings is 1. The second-order valence-corrected chi connectivity index (χ2v) is 6.58. The van der Waals surface area contributed by atoms with Crippen LogP contribution in [0.1, 0.15) is 28.8 Å². The molecule has 7 heteroatoms. The third-order valence-electron chi connectivity index (χ3n) is 4.70. The number of nitrogens with zero attached hydrogens (tertiary/aromatic N) is 5. The number of carbonyl (C=O) groups excluding carboxylic acids is 2. The van der Waals surface area contributed by atoms with Crippen molar-refractivity contribution in [1.82, 2.24) is 20.2 Å². The molecule has 4 rings (SSSR count). The first-order valence-corrected chi connectivity index (χ1v) is 8.89. The Kier molecular flexibility index (Phi) is 4.50. The van der Waals surface area contributed by atoms with E-state index in [1.54, 1.807) is 17.0 Å². The zero-order valence-electron chi connectivity index (χ0n) is 15.0. The van der Waals surface area contributed by atoms with Gasteiger partial charge in [0, 0.05) is 29.8 Å². The average molecular weight is 361 g/mol. The van der Waals surface area contributed by atoms with Crippen molar-refractivity contribution in [2.45, 2.75) is 26.3 Å². The van der Waals surface area contributed by atoms with Gasteiger partial charge in [-0.3, -0.25) is 9.59 Å². The molecular weight excluding hydrogens is 342 g/mol. The summed E-state index contributed by atoms with van der Waals surface area (Å²) in [5.74, 6) is 0.524. The Morgan fingerprint density at radius 3 is 2.59 bits per heavy atom. The lowest BCUT2D eigenvalue weighted by Crippen LogP contribution is -2.23. The predicted octanol–water partition coefficient (Wildman–Crippen LogP) is 2.66. The molecule has 27 heavy (non-hydrogen) atoms. The molecule has 0 N–H and O–H groups in total. The van der Waals surface area contributed by atoms with Crippen LogP contribution in [-0.4, -0.2) is 38.4 Å². The van der Waals surface area contributed by atoms with Gasteiger partial charge in [-0.2, -0.15) is 4.80 Å². The van der Waals surface area contributed by atoms with Gasteiger partial charge in [-0.05, 0) is 48.4 Å². The Morgan fingerprint density at radius 2 is 1.89 bits per heavy atom. The van der Waals surface area contributed by atoms with Gasteiger partial charge in [0.25, 0.3) is 0 Å². The van der Waals surface area contributed by atoms with Gasteiger partial charge in [-0.1, -0.05) is 24.3 Å². The summed E-state index contributed by atoms with van der Waals surface area (Å²) in [7, 11) is 0. The minimum atomic E-state index is -0.108. The first-order chi connectivity index (χ1) is 13.1. The molecule has 0 saturated carbocycles. The fourth-order valence-corrected chi connectivity index (χ4v) is 3.21. The predicted molar refractivity (Wildman–Crippen MR) is 100 cm³/mol. The fraction of sp³-hybridized carbons (Fsp3) is 0.250. The van der Waals surface area contributed by atoms with E-state index in [9.17, 15) is 9.59 Å². The van der Waals surface area contributed by atoms with Gasteiger partial charge in [0.2, 0.25) is 11.7 Å². The van der Waals surface area contributed by atoms with E-state index in [2.05, 4.69) is 15.4 Å². The van der Waals surface area contributed by atoms with Crippen LogP contribution in [0, 0.1) is 6.92 Å². The normalized spacial score (nSPS) is 14.0. The summed E-state index contributed by atoms with van der Waals surface area (Å²) >= 11 is 0. The molecule has 2 aromatic carbocycles. The molecule has 1 aliphatic heterocycles. The lowest BCUT2D eigenvalue weighted by Gasteiger charge is -2.15. The van der Waals surface area contributed by atoms with Gasteiger partial charge < -0.3 is 4.90 Å². The molecule has 0 spiro atoms. The smallest absolute Gasteiger partial charge is 0.227 e. The Morgan fingerprint density at radius 1 is 1.11 bits per heavy atom. The minimum absolute atomic E-state index is 0.0148. The second-order valence-electron chi connectivity index (χ2n) is 6.58. The van der Waals surface area contributed by atoms with Crippen LogP contribution in [0.15, 0.2) is 48.5 Å². The summed E-state index contributed by atoms with van der Waals surface area (Å²) in [6.45, 7) is 2.73. The number of ketones is 1. The van der Waals surface area contributed by atoms with Crippen LogP contribution in [0.25, 0.3) is 11.4 Å². The van der Waals surface area contributed by atoms with Crippen LogP contribution < -0.4 is 4.90 Å². The summed E-state index contributed by atoms with van der Waals surface area (Å²) in [6.07, 6.45) is 1.46. The molecule has 2 heterocycles. The highest BCUT2D eigenvalue weighted by Gasteiger charge is 2.21. The van der Waals surface area contributed by atoms with Crippen molar-refractivity contribution in [2.75, 3.05) is 11.4 Å². The highest BCUT2D eigenvalue weighted by Crippen LogP contribution is 2.22. The fourth-order valence-electron chi connectivity index (χ4n) is 3.21. The van der Waals surface area contributed by atoms with E-state index in [-0.39, 0.29) is 18.2 Å². The number of anilines is 1. The highest BCUT2D eigenvalue weighted by atomic mass is 16.2. The first-order valence-electron chi connectivity index (χ1n) is 8.89. The maximum absolute atomic E-state index is 12.5. The molecule has 1 aromatic heterocycles. The van der Waals surface area contributed by atoms with Gasteiger partial charge in [0.1, 0.15) is 6.54 Å². The van der Waals surface area contributed by atoms with Crippen LogP contribution in [0.3, 0.4) is 0 Å². The van der Waals surface area contributed by atoms with Crippen LogP contribution in [0.4, 0.5) is 5.69 Å². The monoisotopic (exact) mass is 361 g/mol. The molecule has 0 unspecified atom stereocenters. The first kappa shape index (κ1) is 17.1. The maximum Gasteiger partial charge on any atom is 0.227 e. The van der Waals surface area contributed by atoms with E-state index in [1.165, 1.54) is 4.80 Å². The molecule has 0 bridgehead atoms. The van der Waals surface area contributed by atoms with Crippen LogP contribution in [-0.2, 0) is 11.3 Å². The Bertz CT molecular complexity index is 994. The van der Waals surface area contributed by atoms with Crippen molar-refractivity contribution >= 4 is 17.4 Å². The largest absolute Gasteiger partial charge is 0.312 e. The molecule has 1 amide bonds. The number of carbonyl (C=O) groups is 2. The lowest BCUT2D eigenvalue weighted by atomic mass is 10.1. The summed E-state index contributed by atoms with van der Waals surface area (Å²) in [5, 5.41) is 12.4. The summed E-state index contributed by atoms with van der Waals surface area (Å²) in [4.78, 5) is 27.4. The van der Waals surface area contributed by atoms with Gasteiger partial charge in [0.15, 0.2) is 5.78 Å². The molecule has 0 radical (unpaired) electrons. The standard InChI is InChI=1S/C20H19N5O2/c1-14-5-2-3-6-17(14)20-21-23-25(22-20)13-18(26)15-8-10-16(11-9-15)24-12-4-7-19(24)27/h2-3,5-6,8-11H,4,7,12-13H2,1H3. The minimum Gasteiger partial charge on any atom is -0.312 e. The third kappa shape index (κ3) is 3.48. The quantitative estimate of drug-likeness (QED) is 0.653. The molecule has 1 saturated heterocycles. The number of aryl methyl sites for hydroxylation is 1. The van der Waals surface area contributed by atoms with Crippen LogP contribution >= 0.6 is 0 Å². The molecule has 3 aromatic rings. The highest BCUT2D eigenvalue weighted by molar-refractivity contribution is 5.98. The van der Waals surface area contributed by atoms with E-state index in [0.717, 1.165) is 29.8 Å². The Hall–Kier alpha value is -3.35. The third-order valence-corrected chi connectivity index (χ3v) is 4.70. The maximum atomic E-state index is 12.5. The van der Waals surface area contributed by atoms with Crippen molar-refractivity contribution in [3.05, 3.63) is 59.7 Å². The van der Waals surface area contributed by atoms with Crippen molar-refractivity contribution in [1.29, 1.82) is 0 Å². The van der Waals surface area contributed by atoms with Crippen molar-refractivity contribution in [2.24, 2.45) is 0 Å². The lowest BCUT2D eigenvalue weighted by molar-refractivity contribution is -0.117. The second kappa shape index (κ2) is 7.11. The number of benzene rings is 2.